The monoisotopic (exact) mass is 495 g/mol. The van der Waals surface area contributed by atoms with Gasteiger partial charge in [0.15, 0.2) is 5.13 Å². The summed E-state index contributed by atoms with van der Waals surface area (Å²) in [6.45, 7) is 7.76. The SMILES string of the molecule is COc1ccc(C(C)(CO)c2csc(NC(=O)NC(C)c3ccc(N4CCNCC4)cc3)n2)cc1. The molecule has 2 heterocycles. The van der Waals surface area contributed by atoms with E-state index in [1.807, 2.05) is 43.5 Å². The molecule has 4 N–H and O–H groups in total. The summed E-state index contributed by atoms with van der Waals surface area (Å²) >= 11 is 1.33. The summed E-state index contributed by atoms with van der Waals surface area (Å²) in [6.07, 6.45) is 0. The van der Waals surface area contributed by atoms with Gasteiger partial charge in [0.2, 0.25) is 0 Å². The average Bonchev–Trinajstić information content (AvgIpc) is 3.37. The number of hydrogen-bond acceptors (Lipinski definition) is 7. The Morgan fingerprint density at radius 3 is 2.51 bits per heavy atom. The van der Waals surface area contributed by atoms with Crippen LogP contribution in [0.3, 0.4) is 0 Å². The summed E-state index contributed by atoms with van der Waals surface area (Å²) in [7, 11) is 1.62. The van der Waals surface area contributed by atoms with Crippen LogP contribution in [-0.2, 0) is 5.41 Å². The van der Waals surface area contributed by atoms with Crippen LogP contribution >= 0.6 is 11.3 Å². The molecule has 1 aromatic heterocycles. The molecule has 2 aromatic carbocycles. The van der Waals surface area contributed by atoms with Gasteiger partial charge in [-0.15, -0.1) is 11.3 Å². The number of aromatic nitrogens is 1. The number of carbonyl (C=O) groups is 1. The number of aliphatic hydroxyl groups is 1. The Kier molecular flexibility index (Phi) is 7.90. The summed E-state index contributed by atoms with van der Waals surface area (Å²) < 4.78 is 5.23. The van der Waals surface area contributed by atoms with E-state index in [2.05, 4.69) is 50.1 Å². The summed E-state index contributed by atoms with van der Waals surface area (Å²) in [5.74, 6) is 0.749. The molecule has 9 heteroatoms. The lowest BCUT2D eigenvalue weighted by Crippen LogP contribution is -2.43. The Balaban J connectivity index is 1.37. The number of anilines is 2. The molecule has 1 saturated heterocycles. The van der Waals surface area contributed by atoms with Crippen LogP contribution in [0, 0.1) is 0 Å². The molecule has 1 aliphatic rings. The van der Waals surface area contributed by atoms with Crippen molar-refractivity contribution in [2.75, 3.05) is 50.1 Å². The van der Waals surface area contributed by atoms with Crippen molar-refractivity contribution in [1.82, 2.24) is 15.6 Å². The van der Waals surface area contributed by atoms with Crippen LogP contribution in [-0.4, -0.2) is 56.0 Å². The minimum atomic E-state index is -0.696. The summed E-state index contributed by atoms with van der Waals surface area (Å²) in [5, 5.41) is 21.7. The summed E-state index contributed by atoms with van der Waals surface area (Å²) in [6, 6.07) is 15.4. The maximum atomic E-state index is 12.6. The lowest BCUT2D eigenvalue weighted by Gasteiger charge is -2.29. The van der Waals surface area contributed by atoms with Crippen LogP contribution in [0.5, 0.6) is 5.75 Å². The third-order valence-corrected chi connectivity index (χ3v) is 7.31. The number of amides is 2. The Morgan fingerprint density at radius 1 is 1.20 bits per heavy atom. The van der Waals surface area contributed by atoms with Gasteiger partial charge in [0.1, 0.15) is 5.75 Å². The van der Waals surface area contributed by atoms with Crippen LogP contribution in [0.2, 0.25) is 0 Å². The van der Waals surface area contributed by atoms with Gasteiger partial charge in [-0.05, 0) is 49.2 Å². The molecule has 186 valence electrons. The summed E-state index contributed by atoms with van der Waals surface area (Å²) in [5.41, 5.74) is 3.15. The van der Waals surface area contributed by atoms with E-state index in [1.54, 1.807) is 7.11 Å². The van der Waals surface area contributed by atoms with Crippen molar-refractivity contribution < 1.29 is 14.6 Å². The molecule has 4 rings (SSSR count). The van der Waals surface area contributed by atoms with E-state index in [4.69, 9.17) is 4.74 Å². The normalized spacial score (nSPS) is 16.3. The molecule has 0 aliphatic carbocycles. The molecule has 2 unspecified atom stereocenters. The molecule has 35 heavy (non-hydrogen) atoms. The number of methoxy groups -OCH3 is 1. The lowest BCUT2D eigenvalue weighted by atomic mass is 9.81. The number of nitrogens with zero attached hydrogens (tertiary/aromatic N) is 2. The van der Waals surface area contributed by atoms with Gasteiger partial charge >= 0.3 is 6.03 Å². The fourth-order valence-corrected chi connectivity index (χ4v) is 5.01. The van der Waals surface area contributed by atoms with E-state index in [-0.39, 0.29) is 18.7 Å². The first kappa shape index (κ1) is 25.0. The zero-order chi connectivity index (χ0) is 24.8. The van der Waals surface area contributed by atoms with E-state index in [9.17, 15) is 9.90 Å². The van der Waals surface area contributed by atoms with Crippen molar-refractivity contribution in [2.45, 2.75) is 25.3 Å². The quantitative estimate of drug-likeness (QED) is 0.380. The molecule has 0 radical (unpaired) electrons. The number of aliphatic hydroxyl groups excluding tert-OH is 1. The molecule has 1 aliphatic heterocycles. The molecule has 2 amide bonds. The fraction of sp³-hybridized carbons (Fsp3) is 0.385. The third kappa shape index (κ3) is 5.75. The number of ether oxygens (including phenoxy) is 1. The zero-order valence-electron chi connectivity index (χ0n) is 20.4. The van der Waals surface area contributed by atoms with Gasteiger partial charge in [-0.1, -0.05) is 24.3 Å². The predicted octanol–water partition coefficient (Wildman–Crippen LogP) is 3.74. The van der Waals surface area contributed by atoms with Crippen molar-refractivity contribution >= 4 is 28.2 Å². The molecular weight excluding hydrogens is 462 g/mol. The first-order chi connectivity index (χ1) is 16.9. The third-order valence-electron chi connectivity index (χ3n) is 6.56. The van der Waals surface area contributed by atoms with Gasteiger partial charge in [-0.25, -0.2) is 9.78 Å². The van der Waals surface area contributed by atoms with Crippen LogP contribution in [0.4, 0.5) is 15.6 Å². The highest BCUT2D eigenvalue weighted by Crippen LogP contribution is 2.34. The number of nitrogens with one attached hydrogen (secondary N) is 3. The molecule has 0 spiro atoms. The highest BCUT2D eigenvalue weighted by Gasteiger charge is 2.31. The Morgan fingerprint density at radius 2 is 1.89 bits per heavy atom. The standard InChI is InChI=1S/C26H33N5O3S/c1-18(19-4-8-21(9-5-19)31-14-12-27-13-15-31)28-24(33)30-25-29-23(16-35-25)26(2,17-32)20-6-10-22(34-3)11-7-20/h4-11,16,18,27,32H,12-15,17H2,1-3H3,(H2,28,29,30,33). The smallest absolute Gasteiger partial charge is 0.321 e. The Bertz CT molecular complexity index is 1110. The first-order valence-electron chi connectivity index (χ1n) is 11.8. The van der Waals surface area contributed by atoms with Gasteiger partial charge < -0.3 is 25.4 Å². The molecule has 2 atom stereocenters. The Labute approximate surface area is 210 Å². The van der Waals surface area contributed by atoms with Gasteiger partial charge in [0.05, 0.1) is 30.9 Å². The molecular formula is C26H33N5O3S. The molecule has 3 aromatic rings. The average molecular weight is 496 g/mol. The van der Waals surface area contributed by atoms with E-state index in [1.165, 1.54) is 17.0 Å². The van der Waals surface area contributed by atoms with Crippen molar-refractivity contribution in [3.05, 3.63) is 70.7 Å². The van der Waals surface area contributed by atoms with Crippen LogP contribution in [0.1, 0.15) is 36.7 Å². The van der Waals surface area contributed by atoms with Gasteiger partial charge in [-0.2, -0.15) is 0 Å². The minimum absolute atomic E-state index is 0.115. The maximum Gasteiger partial charge on any atom is 0.321 e. The largest absolute Gasteiger partial charge is 0.497 e. The number of hydrogen-bond donors (Lipinski definition) is 4. The van der Waals surface area contributed by atoms with Crippen molar-refractivity contribution in [2.24, 2.45) is 0 Å². The highest BCUT2D eigenvalue weighted by atomic mass is 32.1. The molecule has 1 fully saturated rings. The van der Waals surface area contributed by atoms with Gasteiger partial charge in [-0.3, -0.25) is 5.32 Å². The number of carbonyl (C=O) groups excluding carboxylic acids is 1. The van der Waals surface area contributed by atoms with Crippen LogP contribution < -0.4 is 25.6 Å². The van der Waals surface area contributed by atoms with Crippen LogP contribution in [0.25, 0.3) is 0 Å². The maximum absolute atomic E-state index is 12.6. The van der Waals surface area contributed by atoms with Crippen molar-refractivity contribution in [1.29, 1.82) is 0 Å². The number of urea groups is 1. The predicted molar refractivity (Wildman–Crippen MR) is 141 cm³/mol. The van der Waals surface area contributed by atoms with E-state index < -0.39 is 5.41 Å². The zero-order valence-corrected chi connectivity index (χ0v) is 21.2. The number of benzene rings is 2. The Hall–Kier alpha value is -3.14. The van der Waals surface area contributed by atoms with Gasteiger partial charge in [0.25, 0.3) is 0 Å². The lowest BCUT2D eigenvalue weighted by molar-refractivity contribution is 0.229. The van der Waals surface area contributed by atoms with E-state index in [0.29, 0.717) is 10.8 Å². The highest BCUT2D eigenvalue weighted by molar-refractivity contribution is 7.13. The fourth-order valence-electron chi connectivity index (χ4n) is 4.17. The van der Waals surface area contributed by atoms with Gasteiger partial charge in [0, 0.05) is 37.2 Å². The second-order valence-corrected chi connectivity index (χ2v) is 9.76. The minimum Gasteiger partial charge on any atom is -0.497 e. The van der Waals surface area contributed by atoms with E-state index in [0.717, 1.165) is 43.1 Å². The van der Waals surface area contributed by atoms with Crippen molar-refractivity contribution in [3.8, 4) is 5.75 Å². The van der Waals surface area contributed by atoms with Crippen LogP contribution in [0.15, 0.2) is 53.9 Å². The number of piperazine rings is 1. The number of rotatable bonds is 8. The molecule has 0 bridgehead atoms. The first-order valence-corrected chi connectivity index (χ1v) is 12.7. The van der Waals surface area contributed by atoms with E-state index >= 15 is 0 Å². The number of thiazole rings is 1. The topological polar surface area (TPSA) is 98.8 Å². The molecule has 8 nitrogen and oxygen atoms in total. The second kappa shape index (κ2) is 11.1. The molecule has 0 saturated carbocycles. The second-order valence-electron chi connectivity index (χ2n) is 8.91. The summed E-state index contributed by atoms with van der Waals surface area (Å²) in [4.78, 5) is 19.6. The van der Waals surface area contributed by atoms with Crippen molar-refractivity contribution in [3.63, 3.8) is 0 Å².